The van der Waals surface area contributed by atoms with Crippen LogP contribution in [0.15, 0.2) is 138 Å². The molecule has 0 bridgehead atoms. The summed E-state index contributed by atoms with van der Waals surface area (Å²) < 4.78 is 2.33. The van der Waals surface area contributed by atoms with Gasteiger partial charge in [0.1, 0.15) is 0 Å². The summed E-state index contributed by atoms with van der Waals surface area (Å²) in [4.78, 5) is 5.05. The van der Waals surface area contributed by atoms with Crippen molar-refractivity contribution >= 4 is 33.2 Å². The molecule has 0 spiro atoms. The van der Waals surface area contributed by atoms with E-state index in [4.69, 9.17) is 4.99 Å². The molecule has 0 aliphatic rings. The summed E-state index contributed by atoms with van der Waals surface area (Å²) in [5.74, 6) is 0. The number of benzene rings is 5. The third-order valence-corrected chi connectivity index (χ3v) is 6.02. The Labute approximate surface area is 193 Å². The van der Waals surface area contributed by atoms with Gasteiger partial charge in [-0.25, -0.2) is 4.99 Å². The molecule has 6 rings (SSSR count). The molecule has 1 aromatic heterocycles. The molecule has 0 fully saturated rings. The number of nitrogens with zero attached hydrogens (tertiary/aromatic N) is 2. The summed E-state index contributed by atoms with van der Waals surface area (Å²) in [6.45, 7) is 0. The average molecular weight is 423 g/mol. The summed E-state index contributed by atoms with van der Waals surface area (Å²) in [5.41, 5.74) is 7.68. The number of aromatic nitrogens is 1. The van der Waals surface area contributed by atoms with Crippen molar-refractivity contribution < 1.29 is 0 Å². The molecular formula is C31H22N2. The molecule has 0 aliphatic carbocycles. The molecule has 5 aromatic carbocycles. The number of hydrogen-bond donors (Lipinski definition) is 0. The Kier molecular flexibility index (Phi) is 4.82. The second kappa shape index (κ2) is 8.25. The van der Waals surface area contributed by atoms with E-state index in [-0.39, 0.29) is 0 Å². The third-order valence-electron chi connectivity index (χ3n) is 6.02. The molecule has 0 amide bonds. The molecule has 0 aliphatic heterocycles. The zero-order valence-corrected chi connectivity index (χ0v) is 18.1. The first-order valence-electron chi connectivity index (χ1n) is 11.2. The lowest BCUT2D eigenvalue weighted by molar-refractivity contribution is 1.18. The van der Waals surface area contributed by atoms with Gasteiger partial charge in [0, 0.05) is 27.6 Å². The number of fused-ring (bicyclic) bond motifs is 3. The first-order valence-corrected chi connectivity index (χ1v) is 11.2. The van der Waals surface area contributed by atoms with Gasteiger partial charge in [-0.05, 0) is 36.4 Å². The summed E-state index contributed by atoms with van der Waals surface area (Å²) in [6.07, 6.45) is 0. The van der Waals surface area contributed by atoms with Gasteiger partial charge in [0.15, 0.2) is 0 Å². The van der Waals surface area contributed by atoms with E-state index < -0.39 is 0 Å². The Morgan fingerprint density at radius 2 is 0.909 bits per heavy atom. The minimum absolute atomic E-state index is 0.933. The summed E-state index contributed by atoms with van der Waals surface area (Å²) in [7, 11) is 0. The van der Waals surface area contributed by atoms with Crippen LogP contribution < -0.4 is 0 Å². The van der Waals surface area contributed by atoms with Gasteiger partial charge in [-0.15, -0.1) is 0 Å². The molecule has 2 nitrogen and oxygen atoms in total. The van der Waals surface area contributed by atoms with E-state index in [0.29, 0.717) is 0 Å². The van der Waals surface area contributed by atoms with Crippen LogP contribution in [-0.4, -0.2) is 10.3 Å². The van der Waals surface area contributed by atoms with Crippen LogP contribution in [0.5, 0.6) is 0 Å². The number of para-hydroxylation sites is 2. The Hall–Kier alpha value is -4.43. The monoisotopic (exact) mass is 422 g/mol. The highest BCUT2D eigenvalue weighted by Gasteiger charge is 2.11. The highest BCUT2D eigenvalue weighted by molar-refractivity contribution is 6.14. The van der Waals surface area contributed by atoms with Crippen molar-refractivity contribution in [1.29, 1.82) is 0 Å². The zero-order chi connectivity index (χ0) is 22.0. The lowest BCUT2D eigenvalue weighted by atomic mass is 10.0. The van der Waals surface area contributed by atoms with Crippen molar-refractivity contribution in [3.05, 3.63) is 145 Å². The molecule has 1 heterocycles. The topological polar surface area (TPSA) is 17.3 Å². The maximum atomic E-state index is 5.05. The van der Waals surface area contributed by atoms with Crippen molar-refractivity contribution in [1.82, 2.24) is 4.57 Å². The normalized spacial score (nSPS) is 11.0. The van der Waals surface area contributed by atoms with Gasteiger partial charge >= 0.3 is 0 Å². The third kappa shape index (κ3) is 3.52. The molecule has 0 radical (unpaired) electrons. The van der Waals surface area contributed by atoms with E-state index in [9.17, 15) is 0 Å². The zero-order valence-electron chi connectivity index (χ0n) is 18.1. The van der Waals surface area contributed by atoms with Gasteiger partial charge in [-0.1, -0.05) is 97.1 Å². The Bertz CT molecular complexity index is 1480. The second-order valence-electron chi connectivity index (χ2n) is 8.08. The van der Waals surface area contributed by atoms with Crippen LogP contribution >= 0.6 is 0 Å². The number of hydrogen-bond acceptors (Lipinski definition) is 1. The van der Waals surface area contributed by atoms with Gasteiger partial charge in [-0.2, -0.15) is 0 Å². The van der Waals surface area contributed by atoms with Crippen LogP contribution in [-0.2, 0) is 0 Å². The highest BCUT2D eigenvalue weighted by atomic mass is 15.0. The summed E-state index contributed by atoms with van der Waals surface area (Å²) >= 11 is 0. The van der Waals surface area contributed by atoms with Crippen LogP contribution in [0.2, 0.25) is 0 Å². The molecular weight excluding hydrogens is 400 g/mol. The largest absolute Gasteiger partial charge is 0.309 e. The molecule has 0 atom stereocenters. The minimum Gasteiger partial charge on any atom is -0.309 e. The van der Waals surface area contributed by atoms with Crippen LogP contribution in [0.3, 0.4) is 0 Å². The van der Waals surface area contributed by atoms with Gasteiger partial charge in [0.2, 0.25) is 0 Å². The quantitative estimate of drug-likeness (QED) is 0.256. The van der Waals surface area contributed by atoms with E-state index in [1.807, 2.05) is 12.1 Å². The Morgan fingerprint density at radius 3 is 1.42 bits per heavy atom. The van der Waals surface area contributed by atoms with Crippen LogP contribution in [0.1, 0.15) is 11.1 Å². The van der Waals surface area contributed by atoms with Gasteiger partial charge in [0.25, 0.3) is 0 Å². The standard InChI is InChI=1S/C31H22N2/c1-3-11-23(12-4-1)31(24-13-5-2-6-14-24)32-25-19-21-26(22-20-25)33-29-17-9-7-15-27(29)28-16-8-10-18-30(28)33/h1-22H. The Morgan fingerprint density at radius 1 is 0.455 bits per heavy atom. The van der Waals surface area contributed by atoms with E-state index in [0.717, 1.165) is 28.2 Å². The number of rotatable bonds is 4. The fraction of sp³-hybridized carbons (Fsp3) is 0. The van der Waals surface area contributed by atoms with Crippen molar-refractivity contribution in [2.24, 2.45) is 4.99 Å². The van der Waals surface area contributed by atoms with Crippen LogP contribution in [0.4, 0.5) is 5.69 Å². The fourth-order valence-corrected chi connectivity index (χ4v) is 4.49. The SMILES string of the molecule is c1ccc(C(=Nc2ccc(-n3c4ccccc4c4ccccc43)cc2)c2ccccc2)cc1. The van der Waals surface area contributed by atoms with E-state index in [1.165, 1.54) is 21.8 Å². The van der Waals surface area contributed by atoms with Crippen LogP contribution in [0, 0.1) is 0 Å². The van der Waals surface area contributed by atoms with Crippen molar-refractivity contribution in [3.63, 3.8) is 0 Å². The first kappa shape index (κ1) is 19.3. The summed E-state index contributed by atoms with van der Waals surface area (Å²) in [5, 5.41) is 2.54. The lowest BCUT2D eigenvalue weighted by Gasteiger charge is -2.10. The molecule has 33 heavy (non-hydrogen) atoms. The highest BCUT2D eigenvalue weighted by Crippen LogP contribution is 2.32. The van der Waals surface area contributed by atoms with Crippen molar-refractivity contribution in [2.75, 3.05) is 0 Å². The van der Waals surface area contributed by atoms with E-state index >= 15 is 0 Å². The molecule has 0 unspecified atom stereocenters. The van der Waals surface area contributed by atoms with Gasteiger partial charge in [0.05, 0.1) is 22.4 Å². The van der Waals surface area contributed by atoms with Crippen LogP contribution in [0.25, 0.3) is 27.5 Å². The maximum Gasteiger partial charge on any atom is 0.0781 e. The van der Waals surface area contributed by atoms with Crippen molar-refractivity contribution in [2.45, 2.75) is 0 Å². The molecule has 0 N–H and O–H groups in total. The Balaban J connectivity index is 1.47. The second-order valence-corrected chi connectivity index (χ2v) is 8.08. The van der Waals surface area contributed by atoms with Gasteiger partial charge in [-0.3, -0.25) is 0 Å². The molecule has 0 saturated carbocycles. The lowest BCUT2D eigenvalue weighted by Crippen LogP contribution is -2.02. The fourth-order valence-electron chi connectivity index (χ4n) is 4.49. The minimum atomic E-state index is 0.933. The molecule has 2 heteroatoms. The molecule has 6 aromatic rings. The summed E-state index contributed by atoms with van der Waals surface area (Å²) in [6, 6.07) is 46.4. The van der Waals surface area contributed by atoms with Crippen molar-refractivity contribution in [3.8, 4) is 5.69 Å². The maximum absolute atomic E-state index is 5.05. The average Bonchev–Trinajstić information content (AvgIpc) is 3.23. The molecule has 0 saturated heterocycles. The predicted molar refractivity (Wildman–Crippen MR) is 139 cm³/mol. The predicted octanol–water partition coefficient (Wildman–Crippen LogP) is 7.95. The smallest absolute Gasteiger partial charge is 0.0781 e. The van der Waals surface area contributed by atoms with E-state index in [2.05, 4.69) is 126 Å². The van der Waals surface area contributed by atoms with E-state index in [1.54, 1.807) is 0 Å². The molecule has 156 valence electrons. The van der Waals surface area contributed by atoms with Gasteiger partial charge < -0.3 is 4.57 Å². The number of aliphatic imine (C=N–C) groups is 1. The first-order chi connectivity index (χ1) is 16.4.